The minimum absolute atomic E-state index is 0.123. The Morgan fingerprint density at radius 1 is 0.968 bits per heavy atom. The van der Waals surface area contributed by atoms with E-state index in [1.165, 1.54) is 12.7 Å². The van der Waals surface area contributed by atoms with E-state index in [2.05, 4.69) is 4.57 Å². The molecule has 0 amide bonds. The van der Waals surface area contributed by atoms with Gasteiger partial charge in [0.15, 0.2) is 18.1 Å². The fourth-order valence-electron chi connectivity index (χ4n) is 3.56. The van der Waals surface area contributed by atoms with Crippen molar-refractivity contribution in [3.63, 3.8) is 0 Å². The summed E-state index contributed by atoms with van der Waals surface area (Å²) in [5, 5.41) is 0. The number of ketones is 1. The first-order valence-corrected chi connectivity index (χ1v) is 10.1. The van der Waals surface area contributed by atoms with Crippen molar-refractivity contribution in [2.24, 2.45) is 0 Å². The molecule has 0 radical (unpaired) electrons. The average molecular weight is 421 g/mol. The predicted octanol–water partition coefficient (Wildman–Crippen LogP) is 4.44. The maximum Gasteiger partial charge on any atom is 0.202 e. The fraction of sp³-hybridized carbons (Fsp3) is 0.280. The lowest BCUT2D eigenvalue weighted by molar-refractivity contribution is 0.0918. The summed E-state index contributed by atoms with van der Waals surface area (Å²) in [5.74, 6) is 1.56. The van der Waals surface area contributed by atoms with Gasteiger partial charge >= 0.3 is 0 Å². The molecule has 1 heterocycles. The van der Waals surface area contributed by atoms with Crippen molar-refractivity contribution in [2.75, 3.05) is 20.8 Å². The van der Waals surface area contributed by atoms with Crippen LogP contribution in [0.3, 0.4) is 0 Å². The van der Waals surface area contributed by atoms with Crippen LogP contribution in [0.2, 0.25) is 0 Å². The standard InChI is InChI=1S/C25H27NO5/c1-17-13-22(18(2)26(17)12-11-19-5-8-21(29-3)9-6-19)23(28)16-31-25-14-20(15-27)7-10-24(25)30-4/h5-10,13-15H,11-12,16H2,1-4H3. The first-order valence-electron chi connectivity index (χ1n) is 10.1. The van der Waals surface area contributed by atoms with Crippen molar-refractivity contribution in [1.29, 1.82) is 0 Å². The molecule has 0 aliphatic rings. The number of ether oxygens (including phenoxy) is 3. The van der Waals surface area contributed by atoms with Crippen LogP contribution in [-0.4, -0.2) is 37.5 Å². The van der Waals surface area contributed by atoms with E-state index >= 15 is 0 Å². The highest BCUT2D eigenvalue weighted by Crippen LogP contribution is 2.28. The van der Waals surface area contributed by atoms with Crippen LogP contribution in [-0.2, 0) is 13.0 Å². The third kappa shape index (κ3) is 5.15. The van der Waals surface area contributed by atoms with Gasteiger partial charge in [-0.25, -0.2) is 0 Å². The van der Waals surface area contributed by atoms with Gasteiger partial charge in [-0.3, -0.25) is 9.59 Å². The van der Waals surface area contributed by atoms with Crippen LogP contribution < -0.4 is 14.2 Å². The average Bonchev–Trinajstić information content (AvgIpc) is 3.09. The van der Waals surface area contributed by atoms with Gasteiger partial charge < -0.3 is 18.8 Å². The van der Waals surface area contributed by atoms with Crippen LogP contribution in [0.1, 0.15) is 37.7 Å². The zero-order valence-corrected chi connectivity index (χ0v) is 18.3. The topological polar surface area (TPSA) is 66.8 Å². The van der Waals surface area contributed by atoms with E-state index in [0.717, 1.165) is 36.4 Å². The van der Waals surface area contributed by atoms with Crippen molar-refractivity contribution in [1.82, 2.24) is 4.57 Å². The number of rotatable bonds is 10. The van der Waals surface area contributed by atoms with Crippen LogP contribution in [0.4, 0.5) is 0 Å². The second-order valence-electron chi connectivity index (χ2n) is 7.27. The summed E-state index contributed by atoms with van der Waals surface area (Å²) in [5.41, 5.74) is 4.23. The second kappa shape index (κ2) is 9.98. The van der Waals surface area contributed by atoms with E-state index in [1.54, 1.807) is 25.3 Å². The molecule has 0 aliphatic carbocycles. The Bertz CT molecular complexity index is 1070. The van der Waals surface area contributed by atoms with Gasteiger partial charge in [-0.2, -0.15) is 0 Å². The zero-order valence-electron chi connectivity index (χ0n) is 18.3. The molecule has 0 saturated heterocycles. The smallest absolute Gasteiger partial charge is 0.202 e. The summed E-state index contributed by atoms with van der Waals surface area (Å²) in [7, 11) is 3.17. The van der Waals surface area contributed by atoms with E-state index in [1.807, 2.05) is 44.2 Å². The van der Waals surface area contributed by atoms with Crippen molar-refractivity contribution in [3.05, 3.63) is 76.6 Å². The normalized spacial score (nSPS) is 10.6. The molecule has 2 aromatic carbocycles. The lowest BCUT2D eigenvalue weighted by Gasteiger charge is -2.12. The predicted molar refractivity (Wildman–Crippen MR) is 119 cm³/mol. The van der Waals surface area contributed by atoms with Crippen molar-refractivity contribution in [2.45, 2.75) is 26.8 Å². The molecule has 0 unspecified atom stereocenters. The minimum atomic E-state index is -0.137. The molecule has 0 saturated carbocycles. The number of aromatic nitrogens is 1. The minimum Gasteiger partial charge on any atom is -0.497 e. The van der Waals surface area contributed by atoms with Crippen molar-refractivity contribution < 1.29 is 23.8 Å². The number of carbonyl (C=O) groups excluding carboxylic acids is 2. The Labute approximate surface area is 182 Å². The van der Waals surface area contributed by atoms with Gasteiger partial charge in [-0.15, -0.1) is 0 Å². The van der Waals surface area contributed by atoms with Crippen LogP contribution in [0.25, 0.3) is 0 Å². The maximum atomic E-state index is 12.8. The van der Waals surface area contributed by atoms with Crippen LogP contribution in [0.5, 0.6) is 17.2 Å². The highest BCUT2D eigenvalue weighted by Gasteiger charge is 2.17. The molecule has 162 valence electrons. The van der Waals surface area contributed by atoms with Crippen LogP contribution in [0, 0.1) is 13.8 Å². The Hall–Kier alpha value is -3.54. The summed E-state index contributed by atoms with van der Waals surface area (Å²) in [4.78, 5) is 23.9. The van der Waals surface area contributed by atoms with Gasteiger partial charge in [0.1, 0.15) is 12.0 Å². The van der Waals surface area contributed by atoms with Gasteiger partial charge in [0.25, 0.3) is 0 Å². The number of aryl methyl sites for hydroxylation is 2. The first-order chi connectivity index (χ1) is 15.0. The number of nitrogens with zero attached hydrogens (tertiary/aromatic N) is 1. The third-order valence-corrected chi connectivity index (χ3v) is 5.34. The van der Waals surface area contributed by atoms with Gasteiger partial charge in [-0.05, 0) is 62.2 Å². The maximum absolute atomic E-state index is 12.8. The van der Waals surface area contributed by atoms with Gasteiger partial charge in [-0.1, -0.05) is 12.1 Å². The molecule has 31 heavy (non-hydrogen) atoms. The van der Waals surface area contributed by atoms with Gasteiger partial charge in [0.2, 0.25) is 5.78 Å². The Balaban J connectivity index is 1.69. The number of aldehydes is 1. The van der Waals surface area contributed by atoms with E-state index in [9.17, 15) is 9.59 Å². The van der Waals surface area contributed by atoms with Gasteiger partial charge in [0, 0.05) is 29.1 Å². The van der Waals surface area contributed by atoms with E-state index < -0.39 is 0 Å². The molecule has 1 aromatic heterocycles. The molecular weight excluding hydrogens is 394 g/mol. The highest BCUT2D eigenvalue weighted by molar-refractivity contribution is 5.98. The summed E-state index contributed by atoms with van der Waals surface area (Å²) in [6.07, 6.45) is 1.57. The molecule has 0 N–H and O–H groups in total. The third-order valence-electron chi connectivity index (χ3n) is 5.34. The molecule has 0 spiro atoms. The number of hydrogen-bond acceptors (Lipinski definition) is 5. The van der Waals surface area contributed by atoms with Crippen LogP contribution >= 0.6 is 0 Å². The lowest BCUT2D eigenvalue weighted by Crippen LogP contribution is -2.14. The molecule has 0 bridgehead atoms. The SMILES string of the molecule is COc1ccc(CCn2c(C)cc(C(=O)COc3cc(C=O)ccc3OC)c2C)cc1. The number of benzene rings is 2. The molecule has 6 heteroatoms. The summed E-state index contributed by atoms with van der Waals surface area (Å²) in [6, 6.07) is 14.7. The molecule has 0 atom stereocenters. The molecule has 0 aliphatic heterocycles. The molecular formula is C25H27NO5. The Kier molecular flexibility index (Phi) is 7.13. The van der Waals surface area contributed by atoms with E-state index in [0.29, 0.717) is 22.6 Å². The summed E-state index contributed by atoms with van der Waals surface area (Å²) < 4.78 is 18.3. The monoisotopic (exact) mass is 421 g/mol. The highest BCUT2D eigenvalue weighted by atomic mass is 16.5. The van der Waals surface area contributed by atoms with E-state index in [4.69, 9.17) is 14.2 Å². The summed E-state index contributed by atoms with van der Waals surface area (Å²) in [6.45, 7) is 4.58. The van der Waals surface area contributed by atoms with Gasteiger partial charge in [0.05, 0.1) is 14.2 Å². The first kappa shape index (κ1) is 22.2. The zero-order chi connectivity index (χ0) is 22.4. The number of Topliss-reactive ketones (excluding diaryl/α,β-unsaturated/α-hetero) is 1. The molecule has 3 rings (SSSR count). The number of hydrogen-bond donors (Lipinski definition) is 0. The van der Waals surface area contributed by atoms with Crippen molar-refractivity contribution >= 4 is 12.1 Å². The lowest BCUT2D eigenvalue weighted by atomic mass is 10.1. The Morgan fingerprint density at radius 3 is 2.35 bits per heavy atom. The van der Waals surface area contributed by atoms with E-state index in [-0.39, 0.29) is 12.4 Å². The largest absolute Gasteiger partial charge is 0.497 e. The summed E-state index contributed by atoms with van der Waals surface area (Å²) >= 11 is 0. The molecule has 3 aromatic rings. The molecule has 0 fully saturated rings. The quantitative estimate of drug-likeness (QED) is 0.358. The van der Waals surface area contributed by atoms with Crippen LogP contribution in [0.15, 0.2) is 48.5 Å². The number of methoxy groups -OCH3 is 2. The molecule has 6 nitrogen and oxygen atoms in total. The van der Waals surface area contributed by atoms with Crippen molar-refractivity contribution in [3.8, 4) is 17.2 Å². The Morgan fingerprint density at radius 2 is 1.71 bits per heavy atom. The fourth-order valence-corrected chi connectivity index (χ4v) is 3.56. The number of carbonyl (C=O) groups is 2. The second-order valence-corrected chi connectivity index (χ2v) is 7.27.